The van der Waals surface area contributed by atoms with Crippen molar-refractivity contribution in [2.45, 2.75) is 25.9 Å². The molecular formula is C15H19ClN4O. The normalized spacial score (nSPS) is 18.5. The summed E-state index contributed by atoms with van der Waals surface area (Å²) in [5.74, 6) is 1.12. The second-order valence-corrected chi connectivity index (χ2v) is 5.60. The SMILES string of the molecule is CCN(Cc1nnc(-c2ccccc2Cl)o1)C1CCNC1. The molecule has 1 atom stereocenters. The van der Waals surface area contributed by atoms with E-state index in [1.54, 1.807) is 0 Å². The van der Waals surface area contributed by atoms with Crippen molar-refractivity contribution in [3.63, 3.8) is 0 Å². The van der Waals surface area contributed by atoms with Gasteiger partial charge in [-0.25, -0.2) is 0 Å². The highest BCUT2D eigenvalue weighted by Crippen LogP contribution is 2.26. The third-order valence-corrected chi connectivity index (χ3v) is 4.20. The summed E-state index contributed by atoms with van der Waals surface area (Å²) in [6, 6.07) is 8.05. The maximum Gasteiger partial charge on any atom is 0.249 e. The molecule has 1 aromatic carbocycles. The lowest BCUT2D eigenvalue weighted by molar-refractivity contribution is 0.191. The van der Waals surface area contributed by atoms with Crippen LogP contribution in [-0.2, 0) is 6.54 Å². The average molecular weight is 307 g/mol. The molecule has 1 unspecified atom stereocenters. The zero-order valence-corrected chi connectivity index (χ0v) is 12.8. The summed E-state index contributed by atoms with van der Waals surface area (Å²) in [5.41, 5.74) is 0.781. The summed E-state index contributed by atoms with van der Waals surface area (Å²) < 4.78 is 5.77. The summed E-state index contributed by atoms with van der Waals surface area (Å²) in [6.45, 7) is 5.91. The molecule has 21 heavy (non-hydrogen) atoms. The molecular weight excluding hydrogens is 288 g/mol. The van der Waals surface area contributed by atoms with Crippen molar-refractivity contribution < 1.29 is 4.42 Å². The lowest BCUT2D eigenvalue weighted by Gasteiger charge is -2.24. The van der Waals surface area contributed by atoms with E-state index >= 15 is 0 Å². The van der Waals surface area contributed by atoms with Gasteiger partial charge in [-0.05, 0) is 31.6 Å². The Morgan fingerprint density at radius 2 is 2.24 bits per heavy atom. The van der Waals surface area contributed by atoms with E-state index in [4.69, 9.17) is 16.0 Å². The lowest BCUT2D eigenvalue weighted by Crippen LogP contribution is -2.36. The molecule has 1 fully saturated rings. The van der Waals surface area contributed by atoms with Crippen molar-refractivity contribution in [3.8, 4) is 11.5 Å². The number of likely N-dealkylation sites (N-methyl/N-ethyl adjacent to an activating group) is 1. The summed E-state index contributed by atoms with van der Waals surface area (Å²) in [4.78, 5) is 2.36. The third-order valence-electron chi connectivity index (χ3n) is 3.87. The summed E-state index contributed by atoms with van der Waals surface area (Å²) >= 11 is 6.16. The van der Waals surface area contributed by atoms with Crippen molar-refractivity contribution in [2.75, 3.05) is 19.6 Å². The molecule has 1 saturated heterocycles. The molecule has 0 spiro atoms. The minimum Gasteiger partial charge on any atom is -0.419 e. The molecule has 2 heterocycles. The molecule has 0 aliphatic carbocycles. The van der Waals surface area contributed by atoms with Crippen LogP contribution in [0.25, 0.3) is 11.5 Å². The molecule has 0 saturated carbocycles. The minimum absolute atomic E-state index is 0.483. The summed E-state index contributed by atoms with van der Waals surface area (Å²) in [5, 5.41) is 12.3. The highest BCUT2D eigenvalue weighted by Gasteiger charge is 2.23. The first kappa shape index (κ1) is 14.5. The molecule has 0 bridgehead atoms. The van der Waals surface area contributed by atoms with Crippen molar-refractivity contribution in [1.29, 1.82) is 0 Å². The van der Waals surface area contributed by atoms with E-state index in [9.17, 15) is 0 Å². The fourth-order valence-electron chi connectivity index (χ4n) is 2.68. The standard InChI is InChI=1S/C15H19ClN4O/c1-2-20(11-7-8-17-9-11)10-14-18-19-15(21-14)12-5-3-4-6-13(12)16/h3-6,11,17H,2,7-10H2,1H3. The Balaban J connectivity index is 1.74. The van der Waals surface area contributed by atoms with E-state index < -0.39 is 0 Å². The Morgan fingerprint density at radius 1 is 1.38 bits per heavy atom. The van der Waals surface area contributed by atoms with Gasteiger partial charge in [0.15, 0.2) is 0 Å². The predicted octanol–water partition coefficient (Wildman–Crippen LogP) is 2.57. The van der Waals surface area contributed by atoms with Crippen LogP contribution < -0.4 is 5.32 Å². The van der Waals surface area contributed by atoms with Gasteiger partial charge < -0.3 is 9.73 Å². The Hall–Kier alpha value is -1.43. The van der Waals surface area contributed by atoms with Crippen LogP contribution in [0.2, 0.25) is 5.02 Å². The predicted molar refractivity (Wildman–Crippen MR) is 82.1 cm³/mol. The molecule has 3 rings (SSSR count). The average Bonchev–Trinajstić information content (AvgIpc) is 3.17. The third kappa shape index (κ3) is 3.26. The van der Waals surface area contributed by atoms with E-state index in [1.807, 2.05) is 24.3 Å². The summed E-state index contributed by atoms with van der Waals surface area (Å²) in [7, 11) is 0. The zero-order chi connectivity index (χ0) is 14.7. The maximum absolute atomic E-state index is 6.16. The second kappa shape index (κ2) is 6.56. The van der Waals surface area contributed by atoms with Crippen molar-refractivity contribution in [1.82, 2.24) is 20.4 Å². The fourth-order valence-corrected chi connectivity index (χ4v) is 2.90. The second-order valence-electron chi connectivity index (χ2n) is 5.19. The first-order valence-electron chi connectivity index (χ1n) is 7.30. The van der Waals surface area contributed by atoms with Gasteiger partial charge in [-0.15, -0.1) is 10.2 Å². The molecule has 1 N–H and O–H groups in total. The van der Waals surface area contributed by atoms with Gasteiger partial charge >= 0.3 is 0 Å². The van der Waals surface area contributed by atoms with Crippen LogP contribution in [0.15, 0.2) is 28.7 Å². The number of hydrogen-bond acceptors (Lipinski definition) is 5. The van der Waals surface area contributed by atoms with Crippen LogP contribution in [0, 0.1) is 0 Å². The van der Waals surface area contributed by atoms with Crippen LogP contribution in [0.1, 0.15) is 19.2 Å². The van der Waals surface area contributed by atoms with Gasteiger partial charge in [-0.3, -0.25) is 4.90 Å². The van der Waals surface area contributed by atoms with Gasteiger partial charge in [-0.2, -0.15) is 0 Å². The molecule has 1 aliphatic heterocycles. The van der Waals surface area contributed by atoms with Gasteiger partial charge in [0.2, 0.25) is 11.8 Å². The van der Waals surface area contributed by atoms with E-state index in [-0.39, 0.29) is 0 Å². The van der Waals surface area contributed by atoms with Gasteiger partial charge in [0.1, 0.15) is 0 Å². The Bertz CT molecular complexity index is 595. The van der Waals surface area contributed by atoms with E-state index in [0.717, 1.165) is 25.2 Å². The van der Waals surface area contributed by atoms with Gasteiger partial charge in [-0.1, -0.05) is 30.7 Å². The van der Waals surface area contributed by atoms with E-state index in [0.29, 0.717) is 29.4 Å². The Kier molecular flexibility index (Phi) is 4.53. The number of nitrogens with one attached hydrogen (secondary N) is 1. The Labute approximate surface area is 129 Å². The number of hydrogen-bond donors (Lipinski definition) is 1. The first-order chi connectivity index (χ1) is 10.3. The maximum atomic E-state index is 6.16. The van der Waals surface area contributed by atoms with Crippen molar-refractivity contribution >= 4 is 11.6 Å². The number of benzene rings is 1. The number of aromatic nitrogens is 2. The molecule has 2 aromatic rings. The minimum atomic E-state index is 0.483. The van der Waals surface area contributed by atoms with E-state index in [2.05, 4.69) is 27.3 Å². The van der Waals surface area contributed by atoms with Gasteiger partial charge in [0.05, 0.1) is 17.1 Å². The molecule has 1 aliphatic rings. The number of halogens is 1. The molecule has 5 nitrogen and oxygen atoms in total. The highest BCUT2D eigenvalue weighted by molar-refractivity contribution is 6.33. The first-order valence-corrected chi connectivity index (χ1v) is 7.67. The van der Waals surface area contributed by atoms with Crippen LogP contribution in [0.5, 0.6) is 0 Å². The quantitative estimate of drug-likeness (QED) is 0.920. The molecule has 112 valence electrons. The number of rotatable bonds is 5. The van der Waals surface area contributed by atoms with Crippen LogP contribution in [0.3, 0.4) is 0 Å². The van der Waals surface area contributed by atoms with Gasteiger partial charge in [0.25, 0.3) is 0 Å². The topological polar surface area (TPSA) is 54.2 Å². The monoisotopic (exact) mass is 306 g/mol. The smallest absolute Gasteiger partial charge is 0.249 e. The molecule has 6 heteroatoms. The van der Waals surface area contributed by atoms with Gasteiger partial charge in [0, 0.05) is 12.6 Å². The Morgan fingerprint density at radius 3 is 2.95 bits per heavy atom. The van der Waals surface area contributed by atoms with Crippen molar-refractivity contribution in [2.24, 2.45) is 0 Å². The zero-order valence-electron chi connectivity index (χ0n) is 12.1. The van der Waals surface area contributed by atoms with Crippen LogP contribution in [-0.4, -0.2) is 40.8 Å². The highest BCUT2D eigenvalue weighted by atomic mass is 35.5. The molecule has 0 radical (unpaired) electrons. The fraction of sp³-hybridized carbons (Fsp3) is 0.467. The van der Waals surface area contributed by atoms with Crippen LogP contribution in [0.4, 0.5) is 0 Å². The van der Waals surface area contributed by atoms with Crippen LogP contribution >= 0.6 is 11.6 Å². The number of nitrogens with zero attached hydrogens (tertiary/aromatic N) is 3. The molecule has 0 amide bonds. The van der Waals surface area contributed by atoms with E-state index in [1.165, 1.54) is 6.42 Å². The largest absolute Gasteiger partial charge is 0.419 e. The lowest BCUT2D eigenvalue weighted by atomic mass is 10.2. The summed E-state index contributed by atoms with van der Waals surface area (Å²) in [6.07, 6.45) is 1.17. The van der Waals surface area contributed by atoms with Crippen molar-refractivity contribution in [3.05, 3.63) is 35.2 Å². The molecule has 1 aromatic heterocycles.